The average molecular weight is 410 g/mol. The predicted molar refractivity (Wildman–Crippen MR) is 111 cm³/mol. The minimum atomic E-state index is 0.0785. The molecule has 2 aromatic heterocycles. The summed E-state index contributed by atoms with van der Waals surface area (Å²) in [6.07, 6.45) is 4.58. The largest absolute Gasteiger partial charge is 0.381 e. The summed E-state index contributed by atoms with van der Waals surface area (Å²) in [5, 5.41) is 9.94. The fraction of sp³-hybridized carbons (Fsp3) is 0.409. The molecular weight excluding hydrogens is 386 g/mol. The van der Waals surface area contributed by atoms with E-state index in [4.69, 9.17) is 16.3 Å². The van der Waals surface area contributed by atoms with Gasteiger partial charge < -0.3 is 4.74 Å². The average Bonchev–Trinajstić information content (AvgIpc) is 3.32. The summed E-state index contributed by atoms with van der Waals surface area (Å²) in [5.74, 6) is 2.36. The second-order valence-corrected chi connectivity index (χ2v) is 8.33. The first-order valence-electron chi connectivity index (χ1n) is 10.1. The van der Waals surface area contributed by atoms with E-state index in [1.807, 2.05) is 30.5 Å². The molecule has 0 radical (unpaired) electrons. The third-order valence-electron chi connectivity index (χ3n) is 5.98. The zero-order valence-corrected chi connectivity index (χ0v) is 17.2. The summed E-state index contributed by atoms with van der Waals surface area (Å²) in [4.78, 5) is 6.92. The Kier molecular flexibility index (Phi) is 5.08. The van der Waals surface area contributed by atoms with Gasteiger partial charge in [-0.25, -0.2) is 0 Å². The van der Waals surface area contributed by atoms with Gasteiger partial charge in [-0.1, -0.05) is 17.7 Å². The van der Waals surface area contributed by atoms with Gasteiger partial charge in [0.1, 0.15) is 11.6 Å². The van der Waals surface area contributed by atoms with Crippen LogP contribution >= 0.6 is 11.6 Å². The minimum Gasteiger partial charge on any atom is -0.381 e. The highest BCUT2D eigenvalue weighted by atomic mass is 35.5. The topological polar surface area (TPSA) is 56.1 Å². The van der Waals surface area contributed by atoms with E-state index in [9.17, 15) is 0 Å². The molecule has 0 saturated carbocycles. The van der Waals surface area contributed by atoms with Gasteiger partial charge in [0.05, 0.1) is 17.5 Å². The molecule has 4 heterocycles. The Balaban J connectivity index is 1.45. The molecule has 2 atom stereocenters. The monoisotopic (exact) mass is 409 g/mol. The van der Waals surface area contributed by atoms with Crippen molar-refractivity contribution >= 4 is 11.6 Å². The Hall–Kier alpha value is -2.28. The molecule has 6 nitrogen and oxygen atoms in total. The Labute approximate surface area is 175 Å². The van der Waals surface area contributed by atoms with Crippen molar-refractivity contribution in [2.75, 3.05) is 20.2 Å². The summed E-state index contributed by atoms with van der Waals surface area (Å²) in [7, 11) is 1.76. The van der Waals surface area contributed by atoms with Crippen molar-refractivity contribution in [3.8, 4) is 5.69 Å². The number of methoxy groups -OCH3 is 1. The molecule has 1 fully saturated rings. The van der Waals surface area contributed by atoms with Gasteiger partial charge in [-0.3, -0.25) is 14.5 Å². The van der Waals surface area contributed by atoms with Gasteiger partial charge in [0.15, 0.2) is 0 Å². The Morgan fingerprint density at radius 1 is 1.17 bits per heavy atom. The van der Waals surface area contributed by atoms with Crippen LogP contribution in [0.25, 0.3) is 5.69 Å². The van der Waals surface area contributed by atoms with Crippen molar-refractivity contribution in [3.05, 3.63) is 70.5 Å². The fourth-order valence-electron chi connectivity index (χ4n) is 4.52. The van der Waals surface area contributed by atoms with Crippen LogP contribution in [0.4, 0.5) is 0 Å². The lowest BCUT2D eigenvalue weighted by atomic mass is 10.0. The summed E-state index contributed by atoms with van der Waals surface area (Å²) in [6.45, 7) is 2.87. The van der Waals surface area contributed by atoms with E-state index in [1.165, 1.54) is 5.56 Å². The third-order valence-corrected chi connectivity index (χ3v) is 6.21. The predicted octanol–water partition coefficient (Wildman–Crippen LogP) is 3.42. The van der Waals surface area contributed by atoms with Crippen molar-refractivity contribution < 1.29 is 4.74 Å². The highest BCUT2D eigenvalue weighted by Crippen LogP contribution is 2.33. The first-order valence-corrected chi connectivity index (χ1v) is 10.5. The van der Waals surface area contributed by atoms with Gasteiger partial charge in [0.2, 0.25) is 0 Å². The summed E-state index contributed by atoms with van der Waals surface area (Å²) in [5.41, 5.74) is 3.43. The van der Waals surface area contributed by atoms with Crippen LogP contribution < -0.4 is 0 Å². The van der Waals surface area contributed by atoms with Gasteiger partial charge in [-0.2, -0.15) is 0 Å². The van der Waals surface area contributed by atoms with Crippen LogP contribution in [0.15, 0.2) is 42.6 Å². The maximum Gasteiger partial charge on any atom is 0.142 e. The number of nitrogens with zero attached hydrogens (tertiary/aromatic N) is 5. The number of likely N-dealkylation sites (tertiary alicyclic amines) is 1. The second-order valence-electron chi connectivity index (χ2n) is 7.89. The SMILES string of the molecule is COC1Cc2cc(Cl)ccc2-n2c(nnc2[C@@H]2CCN(Cc3ccccn3)C2)C1. The Morgan fingerprint density at radius 2 is 2.10 bits per heavy atom. The lowest BCUT2D eigenvalue weighted by molar-refractivity contribution is 0.103. The normalized spacial score (nSPS) is 21.6. The summed E-state index contributed by atoms with van der Waals surface area (Å²) in [6, 6.07) is 12.2. The standard InChI is InChI=1S/C22H24ClN5O/c1-29-19-11-16-10-17(23)5-6-20(16)28-21(12-19)25-26-22(28)15-7-9-27(13-15)14-18-4-2-3-8-24-18/h2-6,8,10,15,19H,7,9,11-14H2,1H3/t15-,19?/m1/s1. The van der Waals surface area contributed by atoms with E-state index in [1.54, 1.807) is 7.11 Å². The van der Waals surface area contributed by atoms with Crippen molar-refractivity contribution in [2.24, 2.45) is 0 Å². The van der Waals surface area contributed by atoms with E-state index < -0.39 is 0 Å². The number of rotatable bonds is 4. The molecule has 0 bridgehead atoms. The van der Waals surface area contributed by atoms with Crippen LogP contribution in [-0.4, -0.2) is 51.0 Å². The molecule has 1 saturated heterocycles. The number of aromatic nitrogens is 4. The van der Waals surface area contributed by atoms with E-state index in [0.717, 1.165) is 66.9 Å². The summed E-state index contributed by atoms with van der Waals surface area (Å²) < 4.78 is 7.95. The van der Waals surface area contributed by atoms with Crippen molar-refractivity contribution in [2.45, 2.75) is 37.8 Å². The van der Waals surface area contributed by atoms with E-state index in [2.05, 4.69) is 36.8 Å². The number of fused-ring (bicyclic) bond motifs is 3. The molecule has 0 aliphatic carbocycles. The molecular formula is C22H24ClN5O. The summed E-state index contributed by atoms with van der Waals surface area (Å²) >= 11 is 6.29. The molecule has 0 spiro atoms. The molecule has 150 valence electrons. The zero-order chi connectivity index (χ0) is 19.8. The van der Waals surface area contributed by atoms with Crippen LogP contribution in [0.1, 0.15) is 35.2 Å². The number of halogens is 1. The first-order chi connectivity index (χ1) is 14.2. The second kappa shape index (κ2) is 7.86. The van der Waals surface area contributed by atoms with E-state index in [0.29, 0.717) is 5.92 Å². The quantitative estimate of drug-likeness (QED) is 0.660. The van der Waals surface area contributed by atoms with Crippen LogP contribution in [0.3, 0.4) is 0 Å². The van der Waals surface area contributed by atoms with Gasteiger partial charge in [-0.15, -0.1) is 10.2 Å². The van der Waals surface area contributed by atoms with Gasteiger partial charge in [0.25, 0.3) is 0 Å². The molecule has 3 aromatic rings. The van der Waals surface area contributed by atoms with Gasteiger partial charge in [-0.05, 0) is 48.9 Å². The zero-order valence-electron chi connectivity index (χ0n) is 16.5. The number of hydrogen-bond acceptors (Lipinski definition) is 5. The highest BCUT2D eigenvalue weighted by molar-refractivity contribution is 6.30. The maximum atomic E-state index is 6.29. The van der Waals surface area contributed by atoms with Crippen molar-refractivity contribution in [1.82, 2.24) is 24.6 Å². The number of pyridine rings is 1. The van der Waals surface area contributed by atoms with Gasteiger partial charge in [0, 0.05) is 50.2 Å². The molecule has 1 unspecified atom stereocenters. The number of ether oxygens (including phenoxy) is 1. The molecule has 2 aliphatic rings. The molecule has 0 N–H and O–H groups in total. The van der Waals surface area contributed by atoms with Crippen LogP contribution in [0, 0.1) is 0 Å². The van der Waals surface area contributed by atoms with Crippen molar-refractivity contribution in [3.63, 3.8) is 0 Å². The number of benzene rings is 1. The molecule has 1 aromatic carbocycles. The molecule has 2 aliphatic heterocycles. The van der Waals surface area contributed by atoms with E-state index in [-0.39, 0.29) is 6.10 Å². The Bertz CT molecular complexity index is 1010. The van der Waals surface area contributed by atoms with E-state index >= 15 is 0 Å². The number of hydrogen-bond donors (Lipinski definition) is 0. The molecule has 29 heavy (non-hydrogen) atoms. The van der Waals surface area contributed by atoms with Crippen molar-refractivity contribution in [1.29, 1.82) is 0 Å². The first kappa shape index (κ1) is 18.7. The van der Waals surface area contributed by atoms with Crippen LogP contribution in [-0.2, 0) is 24.1 Å². The smallest absolute Gasteiger partial charge is 0.142 e. The molecule has 7 heteroatoms. The minimum absolute atomic E-state index is 0.0785. The molecule has 0 amide bonds. The highest BCUT2D eigenvalue weighted by Gasteiger charge is 2.32. The van der Waals surface area contributed by atoms with Gasteiger partial charge >= 0.3 is 0 Å². The van der Waals surface area contributed by atoms with Crippen LogP contribution in [0.5, 0.6) is 0 Å². The maximum absolute atomic E-state index is 6.29. The lowest BCUT2D eigenvalue weighted by Gasteiger charge is -2.17. The van der Waals surface area contributed by atoms with Crippen LogP contribution in [0.2, 0.25) is 5.02 Å². The lowest BCUT2D eigenvalue weighted by Crippen LogP contribution is -2.21. The third kappa shape index (κ3) is 3.68. The molecule has 5 rings (SSSR count). The fourth-order valence-corrected chi connectivity index (χ4v) is 4.72. The Morgan fingerprint density at radius 3 is 2.93 bits per heavy atom.